The van der Waals surface area contributed by atoms with Crippen molar-refractivity contribution in [1.29, 1.82) is 0 Å². The molecule has 12 nitrogen and oxygen atoms in total. The van der Waals surface area contributed by atoms with Crippen molar-refractivity contribution >= 4 is 11.6 Å². The zero-order chi connectivity index (χ0) is 24.1. The molecule has 12 heteroatoms. The van der Waals surface area contributed by atoms with Crippen molar-refractivity contribution < 1.29 is 54.4 Å². The van der Waals surface area contributed by atoms with Crippen LogP contribution in [-0.4, -0.2) is 111 Å². The van der Waals surface area contributed by atoms with Gasteiger partial charge in [0.1, 0.15) is 49.3 Å². The number of hydrogen-bond acceptors (Lipinski definition) is 11. The van der Waals surface area contributed by atoms with Gasteiger partial charge >= 0.3 is 0 Å². The van der Waals surface area contributed by atoms with Crippen molar-refractivity contribution in [3.63, 3.8) is 0 Å². The minimum atomic E-state index is -1.59. The van der Waals surface area contributed by atoms with Gasteiger partial charge in [0.15, 0.2) is 6.29 Å². The highest BCUT2D eigenvalue weighted by atomic mass is 16.7. The van der Waals surface area contributed by atoms with E-state index >= 15 is 0 Å². The summed E-state index contributed by atoms with van der Waals surface area (Å²) in [7, 11) is 0. The summed E-state index contributed by atoms with van der Waals surface area (Å²) in [5.41, 5.74) is 1.26. The second kappa shape index (κ2) is 11.6. The molecule has 0 saturated carbocycles. The number of aliphatic hydroxyl groups excluding tert-OH is 6. The fraction of sp³-hybridized carbons (Fsp3) is 0.667. The number of ether oxygens (including phenoxy) is 4. The maximum absolute atomic E-state index is 12.2. The first kappa shape index (κ1) is 25.9. The standard InChI is InChI=1S/C21H31NO11/c1-10-20(17(27)14(7-24)32-10)30-8-11-2-4-12(5-3-11)22-15(25)9-31-21-19(29)18(28)16(26)13(6-23)33-21/h2-5,10,13-14,16-21,23-24,26-29H,6-9H2,1H3,(H,22,25)/t10?,13?,14-,16?,17-,18?,19?,20+,21?/m1/s1. The molecule has 1 amide bonds. The summed E-state index contributed by atoms with van der Waals surface area (Å²) in [6, 6.07) is 6.74. The molecule has 2 fully saturated rings. The van der Waals surface area contributed by atoms with Crippen LogP contribution < -0.4 is 5.32 Å². The van der Waals surface area contributed by atoms with Crippen LogP contribution in [0.15, 0.2) is 24.3 Å². The van der Waals surface area contributed by atoms with Crippen LogP contribution in [0.3, 0.4) is 0 Å². The molecule has 7 N–H and O–H groups in total. The van der Waals surface area contributed by atoms with E-state index in [1.165, 1.54) is 0 Å². The van der Waals surface area contributed by atoms with Crippen LogP contribution in [0.5, 0.6) is 0 Å². The third kappa shape index (κ3) is 6.25. The van der Waals surface area contributed by atoms with Gasteiger partial charge in [0, 0.05) is 5.69 Å². The maximum Gasteiger partial charge on any atom is 0.250 e. The number of hydrogen-bond donors (Lipinski definition) is 7. The maximum atomic E-state index is 12.2. The van der Waals surface area contributed by atoms with Crippen molar-refractivity contribution in [2.24, 2.45) is 0 Å². The van der Waals surface area contributed by atoms with E-state index in [1.54, 1.807) is 31.2 Å². The lowest BCUT2D eigenvalue weighted by Crippen LogP contribution is -2.59. The van der Waals surface area contributed by atoms with Crippen LogP contribution >= 0.6 is 0 Å². The van der Waals surface area contributed by atoms with Crippen LogP contribution in [-0.2, 0) is 30.3 Å². The van der Waals surface area contributed by atoms with Gasteiger partial charge < -0.3 is 54.9 Å². The average molecular weight is 473 g/mol. The number of rotatable bonds is 9. The quantitative estimate of drug-likeness (QED) is 0.200. The van der Waals surface area contributed by atoms with Gasteiger partial charge in [-0.05, 0) is 24.6 Å². The molecule has 33 heavy (non-hydrogen) atoms. The number of nitrogens with one attached hydrogen (secondary N) is 1. The third-order valence-corrected chi connectivity index (χ3v) is 5.66. The Morgan fingerprint density at radius 3 is 2.15 bits per heavy atom. The Morgan fingerprint density at radius 2 is 1.55 bits per heavy atom. The largest absolute Gasteiger partial charge is 0.394 e. The molecular formula is C21H31NO11. The van der Waals surface area contributed by atoms with E-state index < -0.39 is 68.1 Å². The molecule has 2 aliphatic rings. The summed E-state index contributed by atoms with van der Waals surface area (Å²) in [5.74, 6) is -0.550. The number of amides is 1. The highest BCUT2D eigenvalue weighted by molar-refractivity contribution is 5.91. The second-order valence-corrected chi connectivity index (χ2v) is 8.08. The van der Waals surface area contributed by atoms with Gasteiger partial charge in [0.05, 0.1) is 25.9 Å². The van der Waals surface area contributed by atoms with Gasteiger partial charge in [-0.3, -0.25) is 4.79 Å². The van der Waals surface area contributed by atoms with Gasteiger partial charge in [-0.15, -0.1) is 0 Å². The van der Waals surface area contributed by atoms with Crippen LogP contribution in [0.4, 0.5) is 5.69 Å². The normalized spacial score (nSPS) is 36.6. The summed E-state index contributed by atoms with van der Waals surface area (Å²) < 4.78 is 21.5. The predicted molar refractivity (Wildman–Crippen MR) is 111 cm³/mol. The lowest BCUT2D eigenvalue weighted by molar-refractivity contribution is -0.299. The monoisotopic (exact) mass is 473 g/mol. The van der Waals surface area contributed by atoms with E-state index in [4.69, 9.17) is 18.9 Å². The third-order valence-electron chi connectivity index (χ3n) is 5.66. The van der Waals surface area contributed by atoms with Crippen LogP contribution in [0.2, 0.25) is 0 Å². The molecule has 0 radical (unpaired) electrons. The Hall–Kier alpha value is -1.71. The van der Waals surface area contributed by atoms with Crippen molar-refractivity contribution in [2.45, 2.75) is 68.7 Å². The summed E-state index contributed by atoms with van der Waals surface area (Å²) in [6.45, 7) is 0.564. The second-order valence-electron chi connectivity index (χ2n) is 8.08. The number of carbonyl (C=O) groups excluding carboxylic acids is 1. The average Bonchev–Trinajstić information content (AvgIpc) is 3.09. The molecule has 1 aromatic carbocycles. The Balaban J connectivity index is 1.44. The van der Waals surface area contributed by atoms with E-state index in [0.29, 0.717) is 5.69 Å². The molecule has 2 aliphatic heterocycles. The molecule has 6 unspecified atom stereocenters. The van der Waals surface area contributed by atoms with Crippen molar-refractivity contribution in [1.82, 2.24) is 0 Å². The molecular weight excluding hydrogens is 442 g/mol. The summed E-state index contributed by atoms with van der Waals surface area (Å²) >= 11 is 0. The first-order valence-electron chi connectivity index (χ1n) is 10.6. The molecule has 0 aromatic heterocycles. The van der Waals surface area contributed by atoms with Crippen LogP contribution in [0.25, 0.3) is 0 Å². The van der Waals surface area contributed by atoms with Gasteiger partial charge in [-0.25, -0.2) is 0 Å². The van der Waals surface area contributed by atoms with Gasteiger partial charge in [-0.1, -0.05) is 12.1 Å². The summed E-state index contributed by atoms with van der Waals surface area (Å²) in [5, 5.41) is 60.5. The van der Waals surface area contributed by atoms with Gasteiger partial charge in [-0.2, -0.15) is 0 Å². The summed E-state index contributed by atoms with van der Waals surface area (Å²) in [6.07, 6.45) is -9.73. The zero-order valence-corrected chi connectivity index (χ0v) is 18.1. The molecule has 0 aliphatic carbocycles. The molecule has 0 spiro atoms. The fourth-order valence-corrected chi connectivity index (χ4v) is 3.74. The van der Waals surface area contributed by atoms with E-state index in [9.17, 15) is 35.4 Å². The molecule has 9 atom stereocenters. The number of anilines is 1. The van der Waals surface area contributed by atoms with E-state index in [0.717, 1.165) is 5.56 Å². The number of aliphatic hydroxyl groups is 6. The van der Waals surface area contributed by atoms with Gasteiger partial charge in [0.25, 0.3) is 0 Å². The summed E-state index contributed by atoms with van der Waals surface area (Å²) in [4.78, 5) is 12.2. The smallest absolute Gasteiger partial charge is 0.250 e. The highest BCUT2D eigenvalue weighted by Gasteiger charge is 2.44. The minimum Gasteiger partial charge on any atom is -0.394 e. The first-order chi connectivity index (χ1) is 15.7. The number of carbonyl (C=O) groups is 1. The molecule has 2 saturated heterocycles. The van der Waals surface area contributed by atoms with Crippen LogP contribution in [0, 0.1) is 0 Å². The molecule has 2 heterocycles. The van der Waals surface area contributed by atoms with Gasteiger partial charge in [0.2, 0.25) is 5.91 Å². The highest BCUT2D eigenvalue weighted by Crippen LogP contribution is 2.25. The lowest BCUT2D eigenvalue weighted by Gasteiger charge is -2.39. The van der Waals surface area contributed by atoms with E-state index in [-0.39, 0.29) is 19.3 Å². The Morgan fingerprint density at radius 1 is 0.909 bits per heavy atom. The molecule has 1 aromatic rings. The zero-order valence-electron chi connectivity index (χ0n) is 18.1. The Bertz CT molecular complexity index is 761. The SMILES string of the molecule is CC1O[C@H](CO)[C@@H](O)[C@H]1OCc1ccc(NC(=O)COC2OC(CO)C(O)C(O)C2O)cc1. The Kier molecular flexibility index (Phi) is 9.12. The minimum absolute atomic E-state index is 0.196. The molecule has 0 bridgehead atoms. The van der Waals surface area contributed by atoms with Crippen molar-refractivity contribution in [2.75, 3.05) is 25.1 Å². The number of benzene rings is 1. The Labute approximate surface area is 190 Å². The fourth-order valence-electron chi connectivity index (χ4n) is 3.74. The van der Waals surface area contributed by atoms with Crippen molar-refractivity contribution in [3.05, 3.63) is 29.8 Å². The first-order valence-corrected chi connectivity index (χ1v) is 10.6. The van der Waals surface area contributed by atoms with E-state index in [2.05, 4.69) is 5.32 Å². The molecule has 3 rings (SSSR count). The van der Waals surface area contributed by atoms with E-state index in [1.807, 2.05) is 0 Å². The molecule has 186 valence electrons. The van der Waals surface area contributed by atoms with Crippen molar-refractivity contribution in [3.8, 4) is 0 Å². The lowest BCUT2D eigenvalue weighted by atomic mass is 9.99. The topological polar surface area (TPSA) is 187 Å². The van der Waals surface area contributed by atoms with Crippen LogP contribution in [0.1, 0.15) is 12.5 Å². The predicted octanol–water partition coefficient (Wildman–Crippen LogP) is -2.53.